The predicted molar refractivity (Wildman–Crippen MR) is 86.5 cm³/mol. The van der Waals surface area contributed by atoms with Gasteiger partial charge in [0.15, 0.2) is 0 Å². The molecule has 0 saturated heterocycles. The molecule has 3 rings (SSSR count). The molecule has 0 bridgehead atoms. The van der Waals surface area contributed by atoms with Gasteiger partial charge in [0.05, 0.1) is 0 Å². The molecule has 0 amide bonds. The van der Waals surface area contributed by atoms with Crippen LogP contribution < -0.4 is 5.73 Å². The molecule has 1 aromatic heterocycles. The Morgan fingerprint density at radius 2 is 1.75 bits per heavy atom. The average molecular weight is 327 g/mol. The number of hydrogen-bond acceptors (Lipinski definition) is 2. The highest BCUT2D eigenvalue weighted by Gasteiger charge is 2.12. The molecule has 20 heavy (non-hydrogen) atoms. The normalized spacial score (nSPS) is 12.5. The molecule has 2 nitrogen and oxygen atoms in total. The summed E-state index contributed by atoms with van der Waals surface area (Å²) in [6.07, 6.45) is 4.55. The molecular formula is C17H15BrN2. The van der Waals surface area contributed by atoms with E-state index in [0.29, 0.717) is 0 Å². The van der Waals surface area contributed by atoms with Gasteiger partial charge in [-0.1, -0.05) is 58.4 Å². The first kappa shape index (κ1) is 13.3. The van der Waals surface area contributed by atoms with Crippen molar-refractivity contribution in [1.82, 2.24) is 4.98 Å². The maximum atomic E-state index is 6.40. The summed E-state index contributed by atoms with van der Waals surface area (Å²) in [7, 11) is 0. The van der Waals surface area contributed by atoms with Crippen LogP contribution in [0.15, 0.2) is 65.4 Å². The lowest BCUT2D eigenvalue weighted by Gasteiger charge is -2.15. The van der Waals surface area contributed by atoms with E-state index in [0.717, 1.165) is 21.8 Å². The smallest absolute Gasteiger partial charge is 0.0357 e. The number of aromatic nitrogens is 1. The van der Waals surface area contributed by atoms with Crippen molar-refractivity contribution in [3.05, 3.63) is 76.5 Å². The number of nitrogens with two attached hydrogens (primary N) is 1. The zero-order valence-electron chi connectivity index (χ0n) is 11.0. The molecule has 100 valence electrons. The second-order valence-electron chi connectivity index (χ2n) is 4.85. The highest BCUT2D eigenvalue weighted by molar-refractivity contribution is 9.10. The molecular weight excluding hydrogens is 312 g/mol. The molecule has 1 atom stereocenters. The molecule has 0 aliphatic heterocycles. The number of nitrogens with zero attached hydrogens (tertiary/aromatic N) is 1. The van der Waals surface area contributed by atoms with E-state index in [1.807, 2.05) is 42.7 Å². The number of rotatable bonds is 3. The first-order chi connectivity index (χ1) is 9.75. The minimum Gasteiger partial charge on any atom is -0.324 e. The predicted octanol–water partition coefficient (Wildman–Crippen LogP) is 4.24. The fourth-order valence-corrected chi connectivity index (χ4v) is 2.89. The van der Waals surface area contributed by atoms with Crippen molar-refractivity contribution in [2.75, 3.05) is 0 Å². The minimum absolute atomic E-state index is 0.0627. The lowest BCUT2D eigenvalue weighted by molar-refractivity contribution is 0.722. The molecule has 1 heterocycles. The van der Waals surface area contributed by atoms with Gasteiger partial charge in [0, 0.05) is 28.3 Å². The second-order valence-corrected chi connectivity index (χ2v) is 5.71. The summed E-state index contributed by atoms with van der Waals surface area (Å²) in [5, 5.41) is 2.31. The number of hydrogen-bond donors (Lipinski definition) is 1. The summed E-state index contributed by atoms with van der Waals surface area (Å²) in [5.74, 6) is 0. The molecule has 0 spiro atoms. The van der Waals surface area contributed by atoms with Gasteiger partial charge in [-0.15, -0.1) is 0 Å². The molecule has 0 fully saturated rings. The van der Waals surface area contributed by atoms with Crippen LogP contribution >= 0.6 is 15.9 Å². The molecule has 3 aromatic rings. The van der Waals surface area contributed by atoms with Gasteiger partial charge in [-0.05, 0) is 29.0 Å². The number of pyridine rings is 1. The fourth-order valence-electron chi connectivity index (χ4n) is 2.45. The monoisotopic (exact) mass is 326 g/mol. The van der Waals surface area contributed by atoms with E-state index in [-0.39, 0.29) is 6.04 Å². The van der Waals surface area contributed by atoms with Crippen LogP contribution in [-0.2, 0) is 6.42 Å². The highest BCUT2D eigenvalue weighted by atomic mass is 79.9. The first-order valence-electron chi connectivity index (χ1n) is 6.57. The fraction of sp³-hybridized carbons (Fsp3) is 0.118. The summed E-state index contributed by atoms with van der Waals surface area (Å²) < 4.78 is 1.10. The zero-order valence-corrected chi connectivity index (χ0v) is 12.5. The van der Waals surface area contributed by atoms with Gasteiger partial charge in [-0.3, -0.25) is 4.98 Å². The summed E-state index contributed by atoms with van der Waals surface area (Å²) in [6, 6.07) is 16.4. The molecule has 0 aliphatic carbocycles. The third-order valence-corrected chi connectivity index (χ3v) is 4.27. The van der Waals surface area contributed by atoms with Gasteiger partial charge in [0.25, 0.3) is 0 Å². The molecule has 2 N–H and O–H groups in total. The van der Waals surface area contributed by atoms with Crippen LogP contribution in [0, 0.1) is 0 Å². The zero-order chi connectivity index (χ0) is 13.9. The number of fused-ring (bicyclic) bond motifs is 1. The van der Waals surface area contributed by atoms with Crippen LogP contribution in [-0.4, -0.2) is 4.98 Å². The third-order valence-electron chi connectivity index (χ3n) is 3.50. The Balaban J connectivity index is 1.97. The summed E-state index contributed by atoms with van der Waals surface area (Å²) >= 11 is 3.58. The molecule has 1 unspecified atom stereocenters. The van der Waals surface area contributed by atoms with Gasteiger partial charge in [-0.25, -0.2) is 0 Å². The standard InChI is InChI=1S/C17H15BrN2/c18-16-8-4-2-5-12(16)9-17(19)15-11-20-10-13-6-1-3-7-14(13)15/h1-8,10-11,17H,9,19H2. The third kappa shape index (κ3) is 2.60. The average Bonchev–Trinajstić information content (AvgIpc) is 2.49. The Morgan fingerprint density at radius 3 is 2.60 bits per heavy atom. The van der Waals surface area contributed by atoms with Crippen LogP contribution in [0.4, 0.5) is 0 Å². The number of benzene rings is 2. The van der Waals surface area contributed by atoms with Gasteiger partial charge in [0.1, 0.15) is 0 Å². The number of halogens is 1. The van der Waals surface area contributed by atoms with Crippen molar-refractivity contribution in [2.45, 2.75) is 12.5 Å². The quantitative estimate of drug-likeness (QED) is 0.781. The van der Waals surface area contributed by atoms with Gasteiger partial charge in [-0.2, -0.15) is 0 Å². The summed E-state index contributed by atoms with van der Waals surface area (Å²) in [6.45, 7) is 0. The van der Waals surface area contributed by atoms with E-state index in [2.05, 4.69) is 39.1 Å². The largest absolute Gasteiger partial charge is 0.324 e. The summed E-state index contributed by atoms with van der Waals surface area (Å²) in [5.41, 5.74) is 8.71. The minimum atomic E-state index is -0.0627. The Kier molecular flexibility index (Phi) is 3.81. The van der Waals surface area contributed by atoms with E-state index in [9.17, 15) is 0 Å². The maximum absolute atomic E-state index is 6.40. The topological polar surface area (TPSA) is 38.9 Å². The summed E-state index contributed by atoms with van der Waals surface area (Å²) in [4.78, 5) is 4.31. The van der Waals surface area contributed by atoms with Crippen molar-refractivity contribution in [2.24, 2.45) is 5.73 Å². The van der Waals surface area contributed by atoms with Crippen molar-refractivity contribution in [3.63, 3.8) is 0 Å². The molecule has 0 saturated carbocycles. The van der Waals surface area contributed by atoms with Crippen molar-refractivity contribution >= 4 is 26.7 Å². The van der Waals surface area contributed by atoms with E-state index < -0.39 is 0 Å². The van der Waals surface area contributed by atoms with E-state index in [4.69, 9.17) is 5.73 Å². The van der Waals surface area contributed by atoms with Crippen LogP contribution in [0.25, 0.3) is 10.8 Å². The van der Waals surface area contributed by atoms with Gasteiger partial charge in [0.2, 0.25) is 0 Å². The van der Waals surface area contributed by atoms with E-state index in [1.165, 1.54) is 10.9 Å². The van der Waals surface area contributed by atoms with Crippen LogP contribution in [0.3, 0.4) is 0 Å². The lowest BCUT2D eigenvalue weighted by atomic mass is 9.97. The van der Waals surface area contributed by atoms with Gasteiger partial charge >= 0.3 is 0 Å². The van der Waals surface area contributed by atoms with Gasteiger partial charge < -0.3 is 5.73 Å². The van der Waals surface area contributed by atoms with Crippen LogP contribution in [0.5, 0.6) is 0 Å². The first-order valence-corrected chi connectivity index (χ1v) is 7.36. The SMILES string of the molecule is NC(Cc1ccccc1Br)c1cncc2ccccc12. The Hall–Kier alpha value is -1.71. The highest BCUT2D eigenvalue weighted by Crippen LogP contribution is 2.26. The molecule has 2 aromatic carbocycles. The molecule has 3 heteroatoms. The van der Waals surface area contributed by atoms with Crippen LogP contribution in [0.1, 0.15) is 17.2 Å². The van der Waals surface area contributed by atoms with E-state index in [1.54, 1.807) is 0 Å². The molecule has 0 aliphatic rings. The van der Waals surface area contributed by atoms with Crippen molar-refractivity contribution in [1.29, 1.82) is 0 Å². The molecule has 0 radical (unpaired) electrons. The van der Waals surface area contributed by atoms with E-state index >= 15 is 0 Å². The Labute approximate surface area is 126 Å². The van der Waals surface area contributed by atoms with Crippen LogP contribution in [0.2, 0.25) is 0 Å². The maximum Gasteiger partial charge on any atom is 0.0357 e. The lowest BCUT2D eigenvalue weighted by Crippen LogP contribution is -2.14. The van der Waals surface area contributed by atoms with Crippen molar-refractivity contribution < 1.29 is 0 Å². The van der Waals surface area contributed by atoms with Crippen molar-refractivity contribution in [3.8, 4) is 0 Å². The second kappa shape index (κ2) is 5.73. The Morgan fingerprint density at radius 1 is 1.00 bits per heavy atom. The Bertz CT molecular complexity index is 734.